The lowest BCUT2D eigenvalue weighted by Crippen LogP contribution is -1.99. The Kier molecular flexibility index (Phi) is 23.2. The third kappa shape index (κ3) is 44.0. The Bertz CT molecular complexity index is 234. The molecule has 0 saturated heterocycles. The van der Waals surface area contributed by atoms with Crippen molar-refractivity contribution in [1.82, 2.24) is 0 Å². The maximum Gasteiger partial charge on any atom is 0.302 e. The molecule has 0 spiro atoms. The van der Waals surface area contributed by atoms with Gasteiger partial charge in [0.25, 0.3) is 0 Å². The van der Waals surface area contributed by atoms with Gasteiger partial charge in [-0.25, -0.2) is 0 Å². The van der Waals surface area contributed by atoms with E-state index in [2.05, 4.69) is 21.1 Å². The number of ether oxygens (including phenoxy) is 3. The van der Waals surface area contributed by atoms with Crippen LogP contribution in [0.5, 0.6) is 0 Å². The number of hydrogen-bond acceptors (Lipinski definition) is 6. The lowest BCUT2D eigenvalue weighted by molar-refractivity contribution is -0.141. The standard InChI is InChI=1S/C6H12O2.2C4H8O2/c1-3-4-5-8-6(2)7;2*1-3-6-4(2)5/h3-5H2,1-2H3;2*3H2,1-2H3. The second-order valence-corrected chi connectivity index (χ2v) is 3.54. The van der Waals surface area contributed by atoms with Crippen LogP contribution < -0.4 is 0 Å². The molecule has 0 fully saturated rings. The van der Waals surface area contributed by atoms with Crippen molar-refractivity contribution in [2.45, 2.75) is 54.4 Å². The zero-order chi connectivity index (χ0) is 16.4. The Balaban J connectivity index is -0.000000221. The zero-order valence-corrected chi connectivity index (χ0v) is 13.5. The number of hydrogen-bond donors (Lipinski definition) is 0. The van der Waals surface area contributed by atoms with Crippen LogP contribution in [0.3, 0.4) is 0 Å². The molecule has 0 bridgehead atoms. The van der Waals surface area contributed by atoms with Crippen molar-refractivity contribution in [2.75, 3.05) is 19.8 Å². The Hall–Kier alpha value is -1.59. The summed E-state index contributed by atoms with van der Waals surface area (Å²) < 4.78 is 13.4. The highest BCUT2D eigenvalue weighted by atomic mass is 16.5. The van der Waals surface area contributed by atoms with Crippen LogP contribution in [0.15, 0.2) is 0 Å². The molecule has 0 aliphatic carbocycles. The van der Waals surface area contributed by atoms with Crippen LogP contribution in [0.4, 0.5) is 0 Å². The van der Waals surface area contributed by atoms with Crippen LogP contribution >= 0.6 is 0 Å². The summed E-state index contributed by atoms with van der Waals surface area (Å²) in [5.41, 5.74) is 0. The van der Waals surface area contributed by atoms with Crippen molar-refractivity contribution < 1.29 is 28.6 Å². The molecular weight excluding hydrogens is 264 g/mol. The molecule has 0 atom stereocenters. The van der Waals surface area contributed by atoms with Crippen molar-refractivity contribution in [1.29, 1.82) is 0 Å². The molecule has 0 rings (SSSR count). The van der Waals surface area contributed by atoms with E-state index in [9.17, 15) is 14.4 Å². The third-order valence-corrected chi connectivity index (χ3v) is 1.50. The molecule has 6 heteroatoms. The van der Waals surface area contributed by atoms with E-state index in [1.54, 1.807) is 13.8 Å². The molecule has 0 amide bonds. The summed E-state index contributed by atoms with van der Waals surface area (Å²) in [7, 11) is 0. The van der Waals surface area contributed by atoms with E-state index >= 15 is 0 Å². The average Bonchev–Trinajstić information content (AvgIpc) is 2.30. The molecule has 0 heterocycles. The van der Waals surface area contributed by atoms with Gasteiger partial charge in [-0.2, -0.15) is 0 Å². The minimum Gasteiger partial charge on any atom is -0.466 e. The topological polar surface area (TPSA) is 78.9 Å². The molecule has 0 aliphatic heterocycles. The van der Waals surface area contributed by atoms with Gasteiger partial charge in [0.15, 0.2) is 0 Å². The summed E-state index contributed by atoms with van der Waals surface area (Å²) >= 11 is 0. The maximum atomic E-state index is 10.1. The van der Waals surface area contributed by atoms with E-state index in [0.717, 1.165) is 12.8 Å². The van der Waals surface area contributed by atoms with Crippen molar-refractivity contribution in [3.8, 4) is 0 Å². The molecule has 20 heavy (non-hydrogen) atoms. The van der Waals surface area contributed by atoms with Crippen molar-refractivity contribution in [3.63, 3.8) is 0 Å². The van der Waals surface area contributed by atoms with Crippen LogP contribution in [-0.4, -0.2) is 37.7 Å². The summed E-state index contributed by atoms with van der Waals surface area (Å²) in [4.78, 5) is 29.7. The zero-order valence-electron chi connectivity index (χ0n) is 13.5. The Labute approximate surface area is 121 Å². The van der Waals surface area contributed by atoms with Gasteiger partial charge in [-0.05, 0) is 20.3 Å². The summed E-state index contributed by atoms with van der Waals surface area (Å²) in [6.45, 7) is 11.4. The lowest BCUT2D eigenvalue weighted by Gasteiger charge is -1.96. The van der Waals surface area contributed by atoms with Crippen LogP contribution in [0.1, 0.15) is 54.4 Å². The van der Waals surface area contributed by atoms with Gasteiger partial charge in [0, 0.05) is 20.8 Å². The van der Waals surface area contributed by atoms with E-state index in [4.69, 9.17) is 0 Å². The molecule has 0 unspecified atom stereocenters. The SMILES string of the molecule is CCCCOC(C)=O.CCOC(C)=O.CCOC(C)=O. The summed E-state index contributed by atoms with van der Waals surface area (Å²) in [6, 6.07) is 0. The lowest BCUT2D eigenvalue weighted by atomic mass is 10.4. The average molecular weight is 292 g/mol. The second kappa shape index (κ2) is 19.7. The molecule has 0 radical (unpaired) electrons. The van der Waals surface area contributed by atoms with Gasteiger partial charge in [0.2, 0.25) is 0 Å². The number of rotatable bonds is 5. The largest absolute Gasteiger partial charge is 0.466 e. The first-order valence-electron chi connectivity index (χ1n) is 6.71. The van der Waals surface area contributed by atoms with Crippen molar-refractivity contribution in [2.24, 2.45) is 0 Å². The summed E-state index contributed by atoms with van der Waals surface area (Å²) in [5, 5.41) is 0. The first kappa shape index (κ1) is 23.5. The van der Waals surface area contributed by atoms with Crippen LogP contribution in [0, 0.1) is 0 Å². The normalized spacial score (nSPS) is 8.10. The van der Waals surface area contributed by atoms with E-state index in [1.807, 2.05) is 0 Å². The smallest absolute Gasteiger partial charge is 0.302 e. The molecule has 120 valence electrons. The quantitative estimate of drug-likeness (QED) is 0.440. The predicted octanol–water partition coefficient (Wildman–Crippen LogP) is 2.49. The fraction of sp³-hybridized carbons (Fsp3) is 0.786. The monoisotopic (exact) mass is 292 g/mol. The second-order valence-electron chi connectivity index (χ2n) is 3.54. The van der Waals surface area contributed by atoms with E-state index < -0.39 is 0 Å². The van der Waals surface area contributed by atoms with Crippen LogP contribution in [0.25, 0.3) is 0 Å². The van der Waals surface area contributed by atoms with Gasteiger partial charge in [-0.1, -0.05) is 13.3 Å². The molecule has 6 nitrogen and oxygen atoms in total. The molecular formula is C14H28O6. The minimum absolute atomic E-state index is 0.182. The third-order valence-electron chi connectivity index (χ3n) is 1.50. The number of carbonyl (C=O) groups excluding carboxylic acids is 3. The highest BCUT2D eigenvalue weighted by Crippen LogP contribution is 1.86. The Morgan fingerprint density at radius 2 is 1.05 bits per heavy atom. The van der Waals surface area contributed by atoms with Crippen LogP contribution in [0.2, 0.25) is 0 Å². The Morgan fingerprint density at radius 1 is 0.700 bits per heavy atom. The van der Waals surface area contributed by atoms with Crippen LogP contribution in [-0.2, 0) is 28.6 Å². The molecule has 0 aromatic heterocycles. The van der Waals surface area contributed by atoms with Gasteiger partial charge in [-0.15, -0.1) is 0 Å². The molecule has 0 N–H and O–H groups in total. The number of unbranched alkanes of at least 4 members (excludes halogenated alkanes) is 1. The van der Waals surface area contributed by atoms with E-state index in [-0.39, 0.29) is 17.9 Å². The number of carbonyl (C=O) groups is 3. The fourth-order valence-corrected chi connectivity index (χ4v) is 0.767. The van der Waals surface area contributed by atoms with Gasteiger partial charge >= 0.3 is 17.9 Å². The van der Waals surface area contributed by atoms with E-state index in [0.29, 0.717) is 19.8 Å². The first-order valence-corrected chi connectivity index (χ1v) is 6.71. The Morgan fingerprint density at radius 3 is 1.20 bits per heavy atom. The molecule has 0 saturated carbocycles. The van der Waals surface area contributed by atoms with Gasteiger partial charge < -0.3 is 14.2 Å². The highest BCUT2D eigenvalue weighted by molar-refractivity contribution is 5.66. The highest BCUT2D eigenvalue weighted by Gasteiger charge is 1.88. The molecule has 0 aliphatic rings. The van der Waals surface area contributed by atoms with Gasteiger partial charge in [-0.3, -0.25) is 14.4 Å². The maximum absolute atomic E-state index is 10.1. The van der Waals surface area contributed by atoms with Crippen molar-refractivity contribution in [3.05, 3.63) is 0 Å². The van der Waals surface area contributed by atoms with E-state index in [1.165, 1.54) is 20.8 Å². The molecule has 0 aromatic carbocycles. The predicted molar refractivity (Wildman–Crippen MR) is 76.2 cm³/mol. The first-order chi connectivity index (χ1) is 9.31. The van der Waals surface area contributed by atoms with Gasteiger partial charge in [0.05, 0.1) is 19.8 Å². The fourth-order valence-electron chi connectivity index (χ4n) is 0.767. The number of esters is 3. The van der Waals surface area contributed by atoms with Gasteiger partial charge in [0.1, 0.15) is 0 Å². The van der Waals surface area contributed by atoms with Crippen molar-refractivity contribution >= 4 is 17.9 Å². The summed E-state index contributed by atoms with van der Waals surface area (Å²) in [6.07, 6.45) is 2.05. The molecule has 0 aromatic rings. The summed E-state index contributed by atoms with van der Waals surface area (Å²) in [5.74, 6) is -0.603. The minimum atomic E-state index is -0.211.